The second-order valence-corrected chi connectivity index (χ2v) is 6.01. The standard InChI is InChI=1S/C14H23ClN4O/c1-6-20-14(3,4)9-19-11(7-8-15)16-12-10(2)17-18(5)13(12)19/h6-9H2,1-5H3. The summed E-state index contributed by atoms with van der Waals surface area (Å²) in [6.07, 6.45) is 0.748. The quantitative estimate of drug-likeness (QED) is 0.770. The molecule has 0 fully saturated rings. The van der Waals surface area contributed by atoms with Gasteiger partial charge in [-0.05, 0) is 27.7 Å². The van der Waals surface area contributed by atoms with Crippen molar-refractivity contribution in [3.63, 3.8) is 0 Å². The van der Waals surface area contributed by atoms with Crippen LogP contribution in [0.1, 0.15) is 32.3 Å². The number of nitrogens with zero attached hydrogens (tertiary/aromatic N) is 4. The van der Waals surface area contributed by atoms with Crippen molar-refractivity contribution < 1.29 is 4.74 Å². The van der Waals surface area contributed by atoms with E-state index in [1.54, 1.807) is 0 Å². The van der Waals surface area contributed by atoms with E-state index in [0.717, 1.165) is 35.6 Å². The molecule has 0 aliphatic heterocycles. The summed E-state index contributed by atoms with van der Waals surface area (Å²) in [4.78, 5) is 4.71. The van der Waals surface area contributed by atoms with Crippen LogP contribution in [0.15, 0.2) is 0 Å². The van der Waals surface area contributed by atoms with E-state index in [1.165, 1.54) is 0 Å². The summed E-state index contributed by atoms with van der Waals surface area (Å²) in [6, 6.07) is 0. The van der Waals surface area contributed by atoms with E-state index >= 15 is 0 Å². The Balaban J connectivity index is 2.50. The van der Waals surface area contributed by atoms with Crippen LogP contribution in [0.3, 0.4) is 0 Å². The Labute approximate surface area is 124 Å². The van der Waals surface area contributed by atoms with E-state index in [9.17, 15) is 0 Å². The Kier molecular flexibility index (Phi) is 4.39. The van der Waals surface area contributed by atoms with E-state index in [2.05, 4.69) is 23.5 Å². The van der Waals surface area contributed by atoms with Gasteiger partial charge in [0, 0.05) is 26.0 Å². The summed E-state index contributed by atoms with van der Waals surface area (Å²) in [6.45, 7) is 9.62. The first-order valence-corrected chi connectivity index (χ1v) is 7.51. The van der Waals surface area contributed by atoms with Crippen molar-refractivity contribution in [3.8, 4) is 0 Å². The molecule has 0 amide bonds. The second kappa shape index (κ2) is 5.74. The third-order valence-corrected chi connectivity index (χ3v) is 3.55. The van der Waals surface area contributed by atoms with Crippen molar-refractivity contribution in [3.05, 3.63) is 11.5 Å². The molecule has 0 radical (unpaired) electrons. The summed E-state index contributed by atoms with van der Waals surface area (Å²) in [5.41, 5.74) is 2.70. The largest absolute Gasteiger partial charge is 0.374 e. The van der Waals surface area contributed by atoms with Crippen LogP contribution in [-0.2, 0) is 24.8 Å². The number of aryl methyl sites for hydroxylation is 3. The van der Waals surface area contributed by atoms with Gasteiger partial charge in [0.2, 0.25) is 0 Å². The molecule has 0 aliphatic carbocycles. The molecule has 112 valence electrons. The molecule has 2 aromatic heterocycles. The molecule has 0 N–H and O–H groups in total. The highest BCUT2D eigenvalue weighted by Gasteiger charge is 2.24. The van der Waals surface area contributed by atoms with Crippen molar-refractivity contribution in [2.24, 2.45) is 7.05 Å². The van der Waals surface area contributed by atoms with Crippen LogP contribution in [0.2, 0.25) is 0 Å². The second-order valence-electron chi connectivity index (χ2n) is 5.63. The van der Waals surface area contributed by atoms with E-state index in [0.29, 0.717) is 12.5 Å². The fourth-order valence-electron chi connectivity index (χ4n) is 2.64. The number of halogens is 1. The van der Waals surface area contributed by atoms with Crippen LogP contribution in [-0.4, -0.2) is 37.4 Å². The lowest BCUT2D eigenvalue weighted by Crippen LogP contribution is -2.31. The van der Waals surface area contributed by atoms with Gasteiger partial charge in [-0.2, -0.15) is 5.10 Å². The normalized spacial score (nSPS) is 12.5. The van der Waals surface area contributed by atoms with Crippen molar-refractivity contribution in [1.29, 1.82) is 0 Å². The molecule has 0 saturated carbocycles. The Morgan fingerprint density at radius 2 is 2.05 bits per heavy atom. The van der Waals surface area contributed by atoms with Gasteiger partial charge in [0.25, 0.3) is 0 Å². The smallest absolute Gasteiger partial charge is 0.158 e. The van der Waals surface area contributed by atoms with Gasteiger partial charge in [0.05, 0.1) is 17.8 Å². The number of aromatic nitrogens is 4. The molecule has 2 heterocycles. The van der Waals surface area contributed by atoms with Crippen LogP contribution in [0.5, 0.6) is 0 Å². The van der Waals surface area contributed by atoms with Gasteiger partial charge in [-0.3, -0.25) is 4.68 Å². The van der Waals surface area contributed by atoms with Gasteiger partial charge in [0.15, 0.2) is 5.65 Å². The molecule has 0 saturated heterocycles. The van der Waals surface area contributed by atoms with Crippen LogP contribution in [0, 0.1) is 6.92 Å². The highest BCUT2D eigenvalue weighted by molar-refractivity contribution is 6.17. The van der Waals surface area contributed by atoms with Crippen molar-refractivity contribution in [1.82, 2.24) is 19.3 Å². The fourth-order valence-corrected chi connectivity index (χ4v) is 2.81. The van der Waals surface area contributed by atoms with Gasteiger partial charge in [-0.15, -0.1) is 11.6 Å². The summed E-state index contributed by atoms with van der Waals surface area (Å²) in [5, 5.41) is 4.45. The Hall–Kier alpha value is -1.07. The zero-order chi connectivity index (χ0) is 14.9. The molecular weight excluding hydrogens is 276 g/mol. The molecule has 2 aromatic rings. The third-order valence-electron chi connectivity index (χ3n) is 3.36. The maximum atomic E-state index is 5.91. The third kappa shape index (κ3) is 2.83. The number of imidazole rings is 1. The van der Waals surface area contributed by atoms with Gasteiger partial charge in [-0.25, -0.2) is 4.98 Å². The van der Waals surface area contributed by atoms with Gasteiger partial charge in [0.1, 0.15) is 11.3 Å². The molecule has 0 atom stereocenters. The Morgan fingerprint density at radius 3 is 2.65 bits per heavy atom. The average molecular weight is 299 g/mol. The van der Waals surface area contributed by atoms with Crippen molar-refractivity contribution in [2.75, 3.05) is 12.5 Å². The zero-order valence-electron chi connectivity index (χ0n) is 12.9. The lowest BCUT2D eigenvalue weighted by Gasteiger charge is -2.26. The van der Waals surface area contributed by atoms with Crippen LogP contribution in [0.4, 0.5) is 0 Å². The summed E-state index contributed by atoms with van der Waals surface area (Å²) < 4.78 is 9.89. The minimum absolute atomic E-state index is 0.248. The van der Waals surface area contributed by atoms with E-state index in [-0.39, 0.29) is 5.60 Å². The Bertz CT molecular complexity index is 600. The van der Waals surface area contributed by atoms with Crippen LogP contribution >= 0.6 is 11.6 Å². The first-order chi connectivity index (χ1) is 9.39. The Morgan fingerprint density at radius 1 is 1.35 bits per heavy atom. The number of fused-ring (bicyclic) bond motifs is 1. The van der Waals surface area contributed by atoms with Gasteiger partial charge >= 0.3 is 0 Å². The average Bonchev–Trinajstić information content (AvgIpc) is 2.80. The molecule has 5 nitrogen and oxygen atoms in total. The number of ether oxygens (including phenoxy) is 1. The SMILES string of the molecule is CCOC(C)(C)Cn1c(CCCl)nc2c(C)nn(C)c21. The molecule has 0 unspecified atom stereocenters. The van der Waals surface area contributed by atoms with Crippen LogP contribution in [0.25, 0.3) is 11.2 Å². The molecule has 0 aromatic carbocycles. The van der Waals surface area contributed by atoms with Gasteiger partial charge < -0.3 is 9.30 Å². The molecule has 2 rings (SSSR count). The van der Waals surface area contributed by atoms with E-state index in [1.807, 2.05) is 25.6 Å². The molecule has 0 spiro atoms. The summed E-state index contributed by atoms with van der Waals surface area (Å²) in [7, 11) is 1.95. The van der Waals surface area contributed by atoms with E-state index < -0.39 is 0 Å². The van der Waals surface area contributed by atoms with Crippen molar-refractivity contribution in [2.45, 2.75) is 46.3 Å². The highest BCUT2D eigenvalue weighted by Crippen LogP contribution is 2.23. The molecule has 0 aliphatic rings. The molecular formula is C14H23ClN4O. The number of hydrogen-bond donors (Lipinski definition) is 0. The van der Waals surface area contributed by atoms with E-state index in [4.69, 9.17) is 21.3 Å². The monoisotopic (exact) mass is 298 g/mol. The predicted molar refractivity (Wildman–Crippen MR) is 81.4 cm³/mol. The minimum atomic E-state index is -0.248. The zero-order valence-corrected chi connectivity index (χ0v) is 13.7. The lowest BCUT2D eigenvalue weighted by atomic mass is 10.1. The van der Waals surface area contributed by atoms with Gasteiger partial charge in [-0.1, -0.05) is 0 Å². The number of alkyl halides is 1. The fraction of sp³-hybridized carbons (Fsp3) is 0.714. The molecule has 20 heavy (non-hydrogen) atoms. The summed E-state index contributed by atoms with van der Waals surface area (Å²) >= 11 is 5.91. The number of hydrogen-bond acceptors (Lipinski definition) is 3. The topological polar surface area (TPSA) is 44.9 Å². The van der Waals surface area contributed by atoms with Crippen molar-refractivity contribution >= 4 is 22.8 Å². The lowest BCUT2D eigenvalue weighted by molar-refractivity contribution is -0.0223. The number of rotatable bonds is 6. The summed E-state index contributed by atoms with van der Waals surface area (Å²) in [5.74, 6) is 1.56. The highest BCUT2D eigenvalue weighted by atomic mass is 35.5. The minimum Gasteiger partial charge on any atom is -0.374 e. The molecule has 0 bridgehead atoms. The van der Waals surface area contributed by atoms with Crippen LogP contribution < -0.4 is 0 Å². The molecule has 6 heteroatoms. The maximum Gasteiger partial charge on any atom is 0.158 e. The first kappa shape index (κ1) is 15.3. The maximum absolute atomic E-state index is 5.91. The predicted octanol–water partition coefficient (Wildman–Crippen LogP) is 2.67. The first-order valence-electron chi connectivity index (χ1n) is 6.98.